The van der Waals surface area contributed by atoms with Crippen molar-refractivity contribution < 1.29 is 0 Å². The van der Waals surface area contributed by atoms with Crippen LogP contribution in [0, 0.1) is 0 Å². The number of hydrogen-bond donors (Lipinski definition) is 0. The maximum atomic E-state index is 13.9. The molecule has 0 N–H and O–H groups in total. The molecule has 9 rings (SSSR count). The SMILES string of the molecule is CC1(C)c2ccccc2-c2c1ccc1c2c2ccccc2n1-c1ncc2c(=O)n(-c3ccccc3)c3ccccc3c2n1. The summed E-state index contributed by atoms with van der Waals surface area (Å²) in [4.78, 5) is 24.0. The molecule has 204 valence electrons. The van der Waals surface area contributed by atoms with Crippen molar-refractivity contribution in [3.05, 3.63) is 143 Å². The van der Waals surface area contributed by atoms with Crippen LogP contribution in [0.5, 0.6) is 0 Å². The molecule has 0 atom stereocenters. The number of aromatic nitrogens is 4. The first-order valence-electron chi connectivity index (χ1n) is 14.6. The van der Waals surface area contributed by atoms with Crippen LogP contribution >= 0.6 is 0 Å². The molecular formula is C38H26N4O. The first-order chi connectivity index (χ1) is 21.0. The van der Waals surface area contributed by atoms with Gasteiger partial charge in [-0.15, -0.1) is 0 Å². The molecule has 8 aromatic rings. The predicted octanol–water partition coefficient (Wildman–Crippen LogP) is 8.34. The number of benzene rings is 5. The van der Waals surface area contributed by atoms with Gasteiger partial charge in [-0.05, 0) is 52.6 Å². The predicted molar refractivity (Wildman–Crippen MR) is 175 cm³/mol. The third-order valence-corrected chi connectivity index (χ3v) is 9.21. The zero-order valence-corrected chi connectivity index (χ0v) is 23.7. The largest absolute Gasteiger partial charge is 0.278 e. The van der Waals surface area contributed by atoms with Crippen molar-refractivity contribution in [2.24, 2.45) is 0 Å². The van der Waals surface area contributed by atoms with Crippen molar-refractivity contribution in [2.45, 2.75) is 19.3 Å². The van der Waals surface area contributed by atoms with Crippen molar-refractivity contribution in [3.63, 3.8) is 0 Å². The van der Waals surface area contributed by atoms with Crippen LogP contribution in [-0.4, -0.2) is 19.1 Å². The van der Waals surface area contributed by atoms with Crippen LogP contribution in [0.15, 0.2) is 126 Å². The van der Waals surface area contributed by atoms with Crippen LogP contribution in [0.2, 0.25) is 0 Å². The molecule has 0 amide bonds. The van der Waals surface area contributed by atoms with Crippen LogP contribution < -0.4 is 5.56 Å². The van der Waals surface area contributed by atoms with Crippen molar-refractivity contribution in [3.8, 4) is 22.8 Å². The maximum absolute atomic E-state index is 13.9. The lowest BCUT2D eigenvalue weighted by molar-refractivity contribution is 0.661. The second-order valence-electron chi connectivity index (χ2n) is 11.8. The summed E-state index contributed by atoms with van der Waals surface area (Å²) in [6.07, 6.45) is 1.69. The first-order valence-corrected chi connectivity index (χ1v) is 14.6. The Morgan fingerprint density at radius 1 is 0.605 bits per heavy atom. The van der Waals surface area contributed by atoms with Gasteiger partial charge in [0, 0.05) is 33.5 Å². The molecule has 0 fully saturated rings. The molecule has 0 bridgehead atoms. The molecule has 0 radical (unpaired) electrons. The zero-order valence-electron chi connectivity index (χ0n) is 23.7. The number of fused-ring (bicyclic) bond motifs is 10. The van der Waals surface area contributed by atoms with E-state index in [1.165, 1.54) is 27.6 Å². The Morgan fingerprint density at radius 2 is 1.28 bits per heavy atom. The Morgan fingerprint density at radius 3 is 2.09 bits per heavy atom. The van der Waals surface area contributed by atoms with E-state index in [-0.39, 0.29) is 11.0 Å². The van der Waals surface area contributed by atoms with E-state index in [0.717, 1.165) is 33.0 Å². The van der Waals surface area contributed by atoms with Gasteiger partial charge in [0.1, 0.15) is 0 Å². The monoisotopic (exact) mass is 554 g/mol. The van der Waals surface area contributed by atoms with Gasteiger partial charge in [0.05, 0.1) is 27.5 Å². The number of rotatable bonds is 2. The van der Waals surface area contributed by atoms with E-state index >= 15 is 0 Å². The standard InChI is InChI=1S/C38H26N4O/c1-38(2)28-17-9-6-14-24(28)33-29(38)20-21-32-34(33)25-15-7-10-18-30(25)42(32)37-39-22-27-35(40-37)26-16-8-11-19-31(26)41(36(27)43)23-12-4-3-5-13-23/h3-22H,1-2H3. The van der Waals surface area contributed by atoms with Gasteiger partial charge in [-0.2, -0.15) is 0 Å². The van der Waals surface area contributed by atoms with E-state index in [2.05, 4.69) is 79.1 Å². The molecule has 0 spiro atoms. The topological polar surface area (TPSA) is 52.7 Å². The Bertz CT molecular complexity index is 2500. The average Bonchev–Trinajstić information content (AvgIpc) is 3.50. The number of nitrogens with zero attached hydrogens (tertiary/aromatic N) is 4. The third-order valence-electron chi connectivity index (χ3n) is 9.21. The normalized spacial score (nSPS) is 13.6. The average molecular weight is 555 g/mol. The lowest BCUT2D eigenvalue weighted by atomic mass is 9.82. The molecule has 5 nitrogen and oxygen atoms in total. The van der Waals surface area contributed by atoms with E-state index in [4.69, 9.17) is 9.97 Å². The molecule has 1 aliphatic rings. The van der Waals surface area contributed by atoms with Crippen LogP contribution in [0.1, 0.15) is 25.0 Å². The highest BCUT2D eigenvalue weighted by molar-refractivity contribution is 6.17. The summed E-state index contributed by atoms with van der Waals surface area (Å²) in [5.41, 5.74) is 9.37. The van der Waals surface area contributed by atoms with Crippen LogP contribution in [0.25, 0.3) is 66.4 Å². The van der Waals surface area contributed by atoms with Gasteiger partial charge in [-0.25, -0.2) is 9.97 Å². The minimum Gasteiger partial charge on any atom is -0.278 e. The summed E-state index contributed by atoms with van der Waals surface area (Å²) in [5.74, 6) is 0.547. The van der Waals surface area contributed by atoms with Gasteiger partial charge in [-0.1, -0.05) is 98.8 Å². The van der Waals surface area contributed by atoms with Crippen LogP contribution in [0.3, 0.4) is 0 Å². The molecule has 3 heterocycles. The summed E-state index contributed by atoms with van der Waals surface area (Å²) in [6, 6.07) is 39.4. The fourth-order valence-corrected chi connectivity index (χ4v) is 7.24. The van der Waals surface area contributed by atoms with Crippen molar-refractivity contribution in [1.29, 1.82) is 0 Å². The van der Waals surface area contributed by atoms with E-state index in [1.54, 1.807) is 10.8 Å². The molecule has 43 heavy (non-hydrogen) atoms. The number of para-hydroxylation sites is 3. The molecular weight excluding hydrogens is 528 g/mol. The molecule has 5 aromatic carbocycles. The minimum absolute atomic E-state index is 0.0969. The molecule has 5 heteroatoms. The Labute approximate surface area is 247 Å². The molecule has 0 saturated heterocycles. The van der Waals surface area contributed by atoms with Gasteiger partial charge in [-0.3, -0.25) is 13.9 Å². The Kier molecular flexibility index (Phi) is 4.76. The van der Waals surface area contributed by atoms with Crippen LogP contribution in [-0.2, 0) is 5.41 Å². The van der Waals surface area contributed by atoms with Crippen molar-refractivity contribution in [2.75, 3.05) is 0 Å². The highest BCUT2D eigenvalue weighted by atomic mass is 16.1. The molecule has 3 aromatic heterocycles. The Balaban J connectivity index is 1.38. The number of pyridine rings is 1. The highest BCUT2D eigenvalue weighted by Crippen LogP contribution is 2.53. The van der Waals surface area contributed by atoms with Gasteiger partial charge in [0.15, 0.2) is 0 Å². The summed E-state index contributed by atoms with van der Waals surface area (Å²) >= 11 is 0. The second-order valence-corrected chi connectivity index (χ2v) is 11.8. The second kappa shape index (κ2) is 8.49. The first kappa shape index (κ1) is 24.1. The minimum atomic E-state index is -0.134. The zero-order chi connectivity index (χ0) is 28.9. The van der Waals surface area contributed by atoms with Crippen LogP contribution in [0.4, 0.5) is 0 Å². The number of hydrogen-bond acceptors (Lipinski definition) is 3. The fourth-order valence-electron chi connectivity index (χ4n) is 7.24. The lowest BCUT2D eigenvalue weighted by Crippen LogP contribution is -2.20. The lowest BCUT2D eigenvalue weighted by Gasteiger charge is -2.21. The quantitative estimate of drug-likeness (QED) is 0.202. The molecule has 0 aliphatic heterocycles. The van der Waals surface area contributed by atoms with E-state index in [9.17, 15) is 4.79 Å². The van der Waals surface area contributed by atoms with E-state index < -0.39 is 0 Å². The van der Waals surface area contributed by atoms with Gasteiger partial charge in [0.25, 0.3) is 5.56 Å². The van der Waals surface area contributed by atoms with Gasteiger partial charge >= 0.3 is 0 Å². The molecule has 0 unspecified atom stereocenters. The maximum Gasteiger partial charge on any atom is 0.266 e. The summed E-state index contributed by atoms with van der Waals surface area (Å²) in [5, 5.41) is 3.76. The van der Waals surface area contributed by atoms with E-state index in [1.807, 2.05) is 54.6 Å². The smallest absolute Gasteiger partial charge is 0.266 e. The van der Waals surface area contributed by atoms with Crippen molar-refractivity contribution in [1.82, 2.24) is 19.1 Å². The van der Waals surface area contributed by atoms with Gasteiger partial charge < -0.3 is 0 Å². The summed E-state index contributed by atoms with van der Waals surface area (Å²) in [7, 11) is 0. The van der Waals surface area contributed by atoms with E-state index in [0.29, 0.717) is 16.9 Å². The van der Waals surface area contributed by atoms with Crippen molar-refractivity contribution >= 4 is 43.6 Å². The Hall–Kier alpha value is -5.55. The third kappa shape index (κ3) is 3.14. The summed E-state index contributed by atoms with van der Waals surface area (Å²) < 4.78 is 3.90. The van der Waals surface area contributed by atoms with Gasteiger partial charge in [0.2, 0.25) is 5.95 Å². The fraction of sp³-hybridized carbons (Fsp3) is 0.0789. The molecule has 0 saturated carbocycles. The molecule has 1 aliphatic carbocycles. The summed E-state index contributed by atoms with van der Waals surface area (Å²) in [6.45, 7) is 4.62. The highest BCUT2D eigenvalue weighted by Gasteiger charge is 2.37.